The quantitative estimate of drug-likeness (QED) is 0.389. The van der Waals surface area contributed by atoms with Gasteiger partial charge in [0.2, 0.25) is 15.4 Å². The SMILES string of the molecule is CC[N+]1=c2cc3c(cc2C(CS(=O)(=O)N2CCC(C(=O)OC)CC2)=CC1(C)C)=Cc1ccc(N(C)C)cc1C3(C)C. The minimum absolute atomic E-state index is 0.0607. The first-order chi connectivity index (χ1) is 19.2. The summed E-state index contributed by atoms with van der Waals surface area (Å²) in [5.74, 6) is -0.550. The molecule has 2 aromatic carbocycles. The first kappa shape index (κ1) is 29.5. The zero-order chi connectivity index (χ0) is 29.9. The highest BCUT2D eigenvalue weighted by Gasteiger charge is 2.39. The molecule has 0 radical (unpaired) electrons. The summed E-state index contributed by atoms with van der Waals surface area (Å²) in [6, 6.07) is 11.1. The Balaban J connectivity index is 1.60. The number of rotatable bonds is 6. The number of carbonyl (C=O) groups excluding carboxylic acids is 1. The molecule has 0 amide bonds. The van der Waals surface area contributed by atoms with Crippen LogP contribution in [0.2, 0.25) is 0 Å². The van der Waals surface area contributed by atoms with Crippen molar-refractivity contribution in [2.45, 2.75) is 58.4 Å². The Hall–Kier alpha value is -2.97. The van der Waals surface area contributed by atoms with Crippen LogP contribution in [0.3, 0.4) is 0 Å². The van der Waals surface area contributed by atoms with E-state index >= 15 is 0 Å². The Morgan fingerprint density at radius 1 is 1.07 bits per heavy atom. The topological polar surface area (TPSA) is 69.9 Å². The lowest BCUT2D eigenvalue weighted by Crippen LogP contribution is -2.51. The second kappa shape index (κ2) is 10.4. The number of hydrogen-bond donors (Lipinski definition) is 0. The van der Waals surface area contributed by atoms with Crippen LogP contribution in [0.25, 0.3) is 11.6 Å². The molecule has 0 N–H and O–H groups in total. The van der Waals surface area contributed by atoms with Crippen molar-refractivity contribution in [3.05, 3.63) is 69.2 Å². The Kier molecular flexibility index (Phi) is 7.48. The zero-order valence-electron chi connectivity index (χ0n) is 25.7. The fourth-order valence-corrected chi connectivity index (χ4v) is 8.54. The summed E-state index contributed by atoms with van der Waals surface area (Å²) in [6.07, 6.45) is 5.36. The molecule has 0 spiro atoms. The highest BCUT2D eigenvalue weighted by atomic mass is 32.2. The van der Waals surface area contributed by atoms with Crippen molar-refractivity contribution in [2.75, 3.05) is 51.5 Å². The van der Waals surface area contributed by atoms with E-state index in [-0.39, 0.29) is 28.6 Å². The summed E-state index contributed by atoms with van der Waals surface area (Å²) in [5.41, 5.74) is 6.17. The second-order valence-electron chi connectivity index (χ2n) is 12.9. The summed E-state index contributed by atoms with van der Waals surface area (Å²) < 4.78 is 36.3. The van der Waals surface area contributed by atoms with E-state index in [0.717, 1.165) is 28.3 Å². The van der Waals surface area contributed by atoms with Crippen LogP contribution in [0.1, 0.15) is 69.7 Å². The highest BCUT2D eigenvalue weighted by Crippen LogP contribution is 2.37. The van der Waals surface area contributed by atoms with Gasteiger partial charge in [-0.2, -0.15) is 0 Å². The molecule has 0 unspecified atom stereocenters. The van der Waals surface area contributed by atoms with Gasteiger partial charge in [-0.15, -0.1) is 0 Å². The van der Waals surface area contributed by atoms with Crippen LogP contribution < -0.4 is 20.1 Å². The minimum Gasteiger partial charge on any atom is -0.469 e. The molecule has 2 heterocycles. The van der Waals surface area contributed by atoms with Gasteiger partial charge < -0.3 is 9.64 Å². The van der Waals surface area contributed by atoms with E-state index in [1.165, 1.54) is 29.5 Å². The predicted octanol–water partition coefficient (Wildman–Crippen LogP) is 3.12. The number of ether oxygens (including phenoxy) is 1. The minimum atomic E-state index is -3.58. The predicted molar refractivity (Wildman–Crippen MR) is 166 cm³/mol. The number of piperidine rings is 1. The van der Waals surface area contributed by atoms with Gasteiger partial charge in [0.15, 0.2) is 5.54 Å². The molecule has 2 aliphatic heterocycles. The molecule has 220 valence electrons. The lowest BCUT2D eigenvalue weighted by Gasteiger charge is -2.34. The van der Waals surface area contributed by atoms with E-state index in [1.54, 1.807) is 4.31 Å². The molecule has 1 aliphatic carbocycles. The fraction of sp³-hybridized carbons (Fsp3) is 0.515. The second-order valence-corrected chi connectivity index (χ2v) is 14.9. The third kappa shape index (κ3) is 5.14. The number of hydrogen-bond acceptors (Lipinski definition) is 5. The molecule has 7 nitrogen and oxygen atoms in total. The maximum Gasteiger partial charge on any atom is 0.308 e. The highest BCUT2D eigenvalue weighted by molar-refractivity contribution is 7.89. The van der Waals surface area contributed by atoms with Gasteiger partial charge in [-0.1, -0.05) is 19.9 Å². The number of fused-ring (bicyclic) bond motifs is 3. The molecule has 0 saturated carbocycles. The molecule has 0 aromatic heterocycles. The number of carbonyl (C=O) groups is 1. The molecule has 1 fully saturated rings. The third-order valence-corrected chi connectivity index (χ3v) is 11.1. The maximum absolute atomic E-state index is 13.8. The first-order valence-corrected chi connectivity index (χ1v) is 16.2. The van der Waals surface area contributed by atoms with Crippen LogP contribution >= 0.6 is 0 Å². The van der Waals surface area contributed by atoms with Crippen LogP contribution in [0, 0.1) is 5.92 Å². The molecule has 5 rings (SSSR count). The van der Waals surface area contributed by atoms with E-state index in [9.17, 15) is 13.2 Å². The maximum atomic E-state index is 13.8. The largest absolute Gasteiger partial charge is 0.469 e. The van der Waals surface area contributed by atoms with Crippen molar-refractivity contribution < 1.29 is 17.9 Å². The number of likely N-dealkylation sites (N-methyl/N-ethyl adjacent to an activating group) is 1. The average Bonchev–Trinajstić information content (AvgIpc) is 2.91. The van der Waals surface area contributed by atoms with Crippen LogP contribution in [-0.2, 0) is 25.0 Å². The van der Waals surface area contributed by atoms with Gasteiger partial charge in [-0.25, -0.2) is 17.3 Å². The van der Waals surface area contributed by atoms with E-state index < -0.39 is 10.0 Å². The van der Waals surface area contributed by atoms with Crippen LogP contribution in [0.4, 0.5) is 5.69 Å². The van der Waals surface area contributed by atoms with Crippen LogP contribution in [0.5, 0.6) is 0 Å². The van der Waals surface area contributed by atoms with Crippen molar-refractivity contribution in [3.8, 4) is 0 Å². The van der Waals surface area contributed by atoms with Crippen molar-refractivity contribution in [1.29, 1.82) is 0 Å². The van der Waals surface area contributed by atoms with E-state index in [2.05, 4.69) is 101 Å². The molecule has 1 saturated heterocycles. The molecule has 0 atom stereocenters. The number of methoxy groups -OCH3 is 1. The van der Waals surface area contributed by atoms with Crippen molar-refractivity contribution in [2.24, 2.45) is 5.92 Å². The number of esters is 1. The summed E-state index contributed by atoms with van der Waals surface area (Å²) >= 11 is 0. The van der Waals surface area contributed by atoms with Gasteiger partial charge in [0.05, 0.1) is 24.3 Å². The molecule has 3 aliphatic rings. The molecular weight excluding hydrogens is 534 g/mol. The summed E-state index contributed by atoms with van der Waals surface area (Å²) in [7, 11) is 1.93. The molecule has 8 heteroatoms. The van der Waals surface area contributed by atoms with E-state index in [0.29, 0.717) is 25.9 Å². The standard InChI is InChI=1S/C33H44N3O4S/c1-9-36-30-19-29-24(16-23-10-11-26(34(6)7)18-28(23)33(29,4)5)17-27(30)25(20-32(36,2)3)21-41(38,39)35-14-12-22(13-15-35)31(37)40-8/h10-11,16-20,22H,9,12-15,21H2,1-8H3/q+1. The number of nitrogens with zero attached hydrogens (tertiary/aromatic N) is 3. The van der Waals surface area contributed by atoms with Gasteiger partial charge in [0.1, 0.15) is 6.54 Å². The number of benzene rings is 2. The van der Waals surface area contributed by atoms with Crippen molar-refractivity contribution in [1.82, 2.24) is 8.88 Å². The monoisotopic (exact) mass is 578 g/mol. The van der Waals surface area contributed by atoms with Gasteiger partial charge in [0.25, 0.3) is 0 Å². The number of sulfonamides is 1. The van der Waals surface area contributed by atoms with Gasteiger partial charge in [-0.3, -0.25) is 4.79 Å². The normalized spacial score (nSPS) is 19.8. The first-order valence-electron chi connectivity index (χ1n) is 14.6. The lowest BCUT2D eigenvalue weighted by atomic mass is 9.71. The molecule has 41 heavy (non-hydrogen) atoms. The summed E-state index contributed by atoms with van der Waals surface area (Å²) in [5, 5.41) is 2.22. The third-order valence-electron chi connectivity index (χ3n) is 9.27. The fourth-order valence-electron chi connectivity index (χ4n) is 6.96. The Morgan fingerprint density at radius 2 is 1.76 bits per heavy atom. The van der Waals surface area contributed by atoms with E-state index in [1.807, 2.05) is 0 Å². The Labute approximate surface area is 244 Å². The number of anilines is 1. The Bertz CT molecular complexity index is 1660. The van der Waals surface area contributed by atoms with Gasteiger partial charge >= 0.3 is 5.97 Å². The summed E-state index contributed by atoms with van der Waals surface area (Å²) in [6.45, 7) is 12.5. The van der Waals surface area contributed by atoms with Gasteiger partial charge in [0, 0.05) is 58.2 Å². The molecular formula is C33H44N3O4S+. The van der Waals surface area contributed by atoms with Crippen LogP contribution in [0.15, 0.2) is 36.4 Å². The van der Waals surface area contributed by atoms with Crippen molar-refractivity contribution in [3.63, 3.8) is 0 Å². The zero-order valence-corrected chi connectivity index (χ0v) is 26.6. The Morgan fingerprint density at radius 3 is 2.37 bits per heavy atom. The molecule has 2 aromatic rings. The van der Waals surface area contributed by atoms with E-state index in [4.69, 9.17) is 4.74 Å². The van der Waals surface area contributed by atoms with Gasteiger partial charge in [-0.05, 0) is 77.6 Å². The molecule has 0 bridgehead atoms. The van der Waals surface area contributed by atoms with Crippen molar-refractivity contribution >= 4 is 33.3 Å². The summed E-state index contributed by atoms with van der Waals surface area (Å²) in [4.78, 5) is 14.1. The van der Waals surface area contributed by atoms with Crippen LogP contribution in [-0.4, -0.2) is 70.8 Å². The average molecular weight is 579 g/mol. The smallest absolute Gasteiger partial charge is 0.308 e. The lowest BCUT2D eigenvalue weighted by molar-refractivity contribution is -0.146.